The lowest BCUT2D eigenvalue weighted by atomic mass is 9.79. The Hall–Kier alpha value is -1.46. The van der Waals surface area contributed by atoms with Crippen LogP contribution in [0.15, 0.2) is 23.8 Å². The topological polar surface area (TPSA) is 94.8 Å². The van der Waals surface area contributed by atoms with Gasteiger partial charge in [0.25, 0.3) is 0 Å². The quantitative estimate of drug-likeness (QED) is 0.270. The number of ketones is 1. The number of carbonyl (C=O) groups excluding carboxylic acids is 1. The fourth-order valence-corrected chi connectivity index (χ4v) is 3.50. The zero-order valence-electron chi connectivity index (χ0n) is 17.0. The van der Waals surface area contributed by atoms with Gasteiger partial charge in [-0.1, -0.05) is 51.8 Å². The zero-order chi connectivity index (χ0) is 20.4. The Balaban J connectivity index is 2.64. The summed E-state index contributed by atoms with van der Waals surface area (Å²) in [5, 5.41) is 29.4. The lowest BCUT2D eigenvalue weighted by molar-refractivity contribution is -0.137. The molecule has 3 unspecified atom stereocenters. The third-order valence-corrected chi connectivity index (χ3v) is 5.54. The maximum Gasteiger partial charge on any atom is 0.303 e. The Morgan fingerprint density at radius 1 is 1.30 bits per heavy atom. The van der Waals surface area contributed by atoms with Gasteiger partial charge in [-0.15, -0.1) is 0 Å². The summed E-state index contributed by atoms with van der Waals surface area (Å²) >= 11 is 0. The number of carbonyl (C=O) groups is 2. The second-order valence-corrected chi connectivity index (χ2v) is 8.30. The first-order valence-corrected chi connectivity index (χ1v) is 10.1. The summed E-state index contributed by atoms with van der Waals surface area (Å²) in [6, 6.07) is 0. The molecule has 0 radical (unpaired) electrons. The number of unbranched alkanes of at least 4 members (excludes halogenated alkanes) is 2. The number of aliphatic hydroxyl groups excluding tert-OH is 2. The molecule has 5 heteroatoms. The maximum atomic E-state index is 12.2. The van der Waals surface area contributed by atoms with E-state index in [1.807, 2.05) is 18.2 Å². The van der Waals surface area contributed by atoms with Gasteiger partial charge in [0.2, 0.25) is 0 Å². The average Bonchev–Trinajstić information content (AvgIpc) is 2.86. The molecule has 0 heterocycles. The summed E-state index contributed by atoms with van der Waals surface area (Å²) in [5.74, 6) is -1.07. The number of carboxylic acids is 1. The van der Waals surface area contributed by atoms with Crippen molar-refractivity contribution >= 4 is 11.8 Å². The van der Waals surface area contributed by atoms with Gasteiger partial charge in [-0.2, -0.15) is 0 Å². The molecule has 1 rings (SSSR count). The number of aliphatic carboxylic acids is 1. The fraction of sp³-hybridized carbons (Fsp3) is 0.727. The van der Waals surface area contributed by atoms with E-state index in [1.54, 1.807) is 0 Å². The van der Waals surface area contributed by atoms with E-state index in [-0.39, 0.29) is 30.0 Å². The van der Waals surface area contributed by atoms with E-state index in [2.05, 4.69) is 20.8 Å². The molecule has 0 bridgehead atoms. The summed E-state index contributed by atoms with van der Waals surface area (Å²) < 4.78 is 0. The minimum absolute atomic E-state index is 0.0367. The van der Waals surface area contributed by atoms with E-state index in [0.29, 0.717) is 31.3 Å². The standard InChI is InChI=1S/C22H36O5/c1-4-5-14-22(2,3)20(25)13-12-17-16(18(23)15-19(17)24)10-8-6-7-9-11-21(26)27/h6,8,12,16,18,20,23,25H,4-5,7,9-11,13-15H2,1-3H3,(H,26,27). The van der Waals surface area contributed by atoms with Gasteiger partial charge in [0.15, 0.2) is 5.78 Å². The van der Waals surface area contributed by atoms with Crippen molar-refractivity contribution in [1.82, 2.24) is 0 Å². The Bertz CT molecular complexity index is 547. The fourth-order valence-electron chi connectivity index (χ4n) is 3.50. The molecule has 27 heavy (non-hydrogen) atoms. The van der Waals surface area contributed by atoms with Crippen molar-refractivity contribution in [3.05, 3.63) is 23.8 Å². The lowest BCUT2D eigenvalue weighted by Crippen LogP contribution is -2.29. The number of rotatable bonds is 12. The number of aliphatic hydroxyl groups is 2. The van der Waals surface area contributed by atoms with E-state index >= 15 is 0 Å². The number of Topliss-reactive ketones (excluding diaryl/α,β-unsaturated/α-hetero) is 1. The van der Waals surface area contributed by atoms with Crippen LogP contribution in [0.25, 0.3) is 0 Å². The van der Waals surface area contributed by atoms with Crippen LogP contribution < -0.4 is 0 Å². The van der Waals surface area contributed by atoms with Gasteiger partial charge >= 0.3 is 5.97 Å². The molecule has 1 saturated carbocycles. The Labute approximate surface area is 163 Å². The van der Waals surface area contributed by atoms with E-state index in [1.165, 1.54) is 0 Å². The third kappa shape index (κ3) is 7.97. The Kier molecular flexibility index (Phi) is 9.95. The molecule has 5 nitrogen and oxygen atoms in total. The molecule has 0 aromatic heterocycles. The second kappa shape index (κ2) is 11.4. The van der Waals surface area contributed by atoms with Crippen molar-refractivity contribution < 1.29 is 24.9 Å². The smallest absolute Gasteiger partial charge is 0.303 e. The van der Waals surface area contributed by atoms with Gasteiger partial charge in [-0.25, -0.2) is 0 Å². The SMILES string of the molecule is CCCCC(C)(C)C(O)CC=C1C(=O)CC(O)C1CC=CCCCC(=O)O. The number of allylic oxidation sites excluding steroid dienone is 2. The predicted molar refractivity (Wildman–Crippen MR) is 106 cm³/mol. The molecule has 1 aliphatic carbocycles. The van der Waals surface area contributed by atoms with E-state index in [9.17, 15) is 19.8 Å². The van der Waals surface area contributed by atoms with Crippen LogP contribution in [0.2, 0.25) is 0 Å². The zero-order valence-corrected chi connectivity index (χ0v) is 17.0. The summed E-state index contributed by atoms with van der Waals surface area (Å²) in [6.07, 6.45) is 10.1. The maximum absolute atomic E-state index is 12.2. The number of hydrogen-bond donors (Lipinski definition) is 3. The minimum Gasteiger partial charge on any atom is -0.481 e. The van der Waals surface area contributed by atoms with E-state index in [4.69, 9.17) is 5.11 Å². The average molecular weight is 381 g/mol. The Morgan fingerprint density at radius 2 is 2.00 bits per heavy atom. The summed E-state index contributed by atoms with van der Waals surface area (Å²) in [5.41, 5.74) is 0.426. The van der Waals surface area contributed by atoms with Crippen LogP contribution in [0.3, 0.4) is 0 Å². The van der Waals surface area contributed by atoms with Crippen molar-refractivity contribution in [1.29, 1.82) is 0 Å². The molecule has 3 atom stereocenters. The van der Waals surface area contributed by atoms with Crippen molar-refractivity contribution in [2.24, 2.45) is 11.3 Å². The minimum atomic E-state index is -0.800. The van der Waals surface area contributed by atoms with Crippen molar-refractivity contribution in [2.45, 2.75) is 90.8 Å². The first-order chi connectivity index (χ1) is 12.7. The summed E-state index contributed by atoms with van der Waals surface area (Å²) in [7, 11) is 0. The van der Waals surface area contributed by atoms with Gasteiger partial charge in [0, 0.05) is 18.8 Å². The molecule has 1 aliphatic rings. The highest BCUT2D eigenvalue weighted by Gasteiger charge is 2.36. The summed E-state index contributed by atoms with van der Waals surface area (Å²) in [6.45, 7) is 6.23. The number of hydrogen-bond acceptors (Lipinski definition) is 4. The highest BCUT2D eigenvalue weighted by molar-refractivity contribution is 5.98. The summed E-state index contributed by atoms with van der Waals surface area (Å²) in [4.78, 5) is 22.7. The van der Waals surface area contributed by atoms with Crippen molar-refractivity contribution in [2.75, 3.05) is 0 Å². The molecule has 1 fully saturated rings. The molecule has 154 valence electrons. The Morgan fingerprint density at radius 3 is 2.63 bits per heavy atom. The van der Waals surface area contributed by atoms with E-state index in [0.717, 1.165) is 19.3 Å². The van der Waals surface area contributed by atoms with Gasteiger partial charge in [0.1, 0.15) is 0 Å². The molecule has 0 spiro atoms. The molecule has 0 aliphatic heterocycles. The van der Waals surface area contributed by atoms with Gasteiger partial charge < -0.3 is 15.3 Å². The predicted octanol–water partition coefficient (Wildman–Crippen LogP) is 4.03. The monoisotopic (exact) mass is 380 g/mol. The van der Waals surface area contributed by atoms with Crippen LogP contribution >= 0.6 is 0 Å². The van der Waals surface area contributed by atoms with Crippen LogP contribution in [0, 0.1) is 11.3 Å². The lowest BCUT2D eigenvalue weighted by Gasteiger charge is -2.30. The highest BCUT2D eigenvalue weighted by atomic mass is 16.4. The van der Waals surface area contributed by atoms with Crippen LogP contribution in [-0.4, -0.2) is 39.3 Å². The normalized spacial score (nSPS) is 23.4. The van der Waals surface area contributed by atoms with Gasteiger partial charge in [-0.05, 0) is 43.1 Å². The highest BCUT2D eigenvalue weighted by Crippen LogP contribution is 2.34. The van der Waals surface area contributed by atoms with Crippen molar-refractivity contribution in [3.63, 3.8) is 0 Å². The van der Waals surface area contributed by atoms with Gasteiger partial charge in [-0.3, -0.25) is 9.59 Å². The number of carboxylic acid groups (broad SMARTS) is 1. The third-order valence-electron chi connectivity index (χ3n) is 5.54. The first kappa shape index (κ1) is 23.6. The first-order valence-electron chi connectivity index (χ1n) is 10.1. The van der Waals surface area contributed by atoms with Gasteiger partial charge in [0.05, 0.1) is 12.2 Å². The molecule has 0 aromatic rings. The molecule has 0 aromatic carbocycles. The van der Waals surface area contributed by atoms with Crippen molar-refractivity contribution in [3.8, 4) is 0 Å². The molecule has 0 amide bonds. The molecular formula is C22H36O5. The van der Waals surface area contributed by atoms with E-state index < -0.39 is 18.2 Å². The van der Waals surface area contributed by atoms with Crippen LogP contribution in [0.5, 0.6) is 0 Å². The largest absolute Gasteiger partial charge is 0.481 e. The van der Waals surface area contributed by atoms with Crippen LogP contribution in [0.4, 0.5) is 0 Å². The second-order valence-electron chi connectivity index (χ2n) is 8.30. The molecular weight excluding hydrogens is 344 g/mol. The van der Waals surface area contributed by atoms with Crippen LogP contribution in [0.1, 0.15) is 78.6 Å². The van der Waals surface area contributed by atoms with Crippen LogP contribution in [-0.2, 0) is 9.59 Å². The molecule has 3 N–H and O–H groups in total. The molecule has 0 saturated heterocycles.